The molecule has 0 radical (unpaired) electrons. The molecule has 88 valence electrons. The summed E-state index contributed by atoms with van der Waals surface area (Å²) in [5, 5.41) is 8.77. The van der Waals surface area contributed by atoms with Gasteiger partial charge in [0.15, 0.2) is 0 Å². The van der Waals surface area contributed by atoms with Crippen molar-refractivity contribution in [3.63, 3.8) is 0 Å². The van der Waals surface area contributed by atoms with Gasteiger partial charge in [-0.15, -0.1) is 0 Å². The molecule has 2 atom stereocenters. The fraction of sp³-hybridized carbons (Fsp3) is 0.417. The Hall–Kier alpha value is -1.39. The molecule has 2 unspecified atom stereocenters. The topological polar surface area (TPSA) is 72.5 Å². The molecule has 4 heteroatoms. The van der Waals surface area contributed by atoms with Crippen molar-refractivity contribution in [2.45, 2.75) is 25.5 Å². The number of carboxylic acids is 1. The Morgan fingerprint density at radius 2 is 2.12 bits per heavy atom. The van der Waals surface area contributed by atoms with Gasteiger partial charge in [0.25, 0.3) is 0 Å². The smallest absolute Gasteiger partial charge is 0.320 e. The number of hydrogen-bond donors (Lipinski definition) is 2. The SMILES string of the molecule is COC(C)c1ccccc1CC(N)C(=O)O. The van der Waals surface area contributed by atoms with Crippen LogP contribution in [0.15, 0.2) is 24.3 Å². The number of rotatable bonds is 5. The van der Waals surface area contributed by atoms with Crippen LogP contribution in [0.3, 0.4) is 0 Å². The maximum absolute atomic E-state index is 10.7. The lowest BCUT2D eigenvalue weighted by atomic mass is 9.97. The number of hydrogen-bond acceptors (Lipinski definition) is 3. The van der Waals surface area contributed by atoms with E-state index in [1.807, 2.05) is 31.2 Å². The fourth-order valence-electron chi connectivity index (χ4n) is 1.57. The average Bonchev–Trinajstić information content (AvgIpc) is 2.28. The molecule has 16 heavy (non-hydrogen) atoms. The van der Waals surface area contributed by atoms with Gasteiger partial charge < -0.3 is 15.6 Å². The van der Waals surface area contributed by atoms with Crippen LogP contribution < -0.4 is 5.73 Å². The monoisotopic (exact) mass is 223 g/mol. The fourth-order valence-corrected chi connectivity index (χ4v) is 1.57. The van der Waals surface area contributed by atoms with Crippen molar-refractivity contribution in [3.8, 4) is 0 Å². The van der Waals surface area contributed by atoms with Gasteiger partial charge in [-0.1, -0.05) is 24.3 Å². The third-order valence-electron chi connectivity index (χ3n) is 2.60. The van der Waals surface area contributed by atoms with Crippen LogP contribution in [0.5, 0.6) is 0 Å². The molecule has 0 aliphatic carbocycles. The number of nitrogens with two attached hydrogens (primary N) is 1. The molecule has 0 fully saturated rings. The molecule has 0 aliphatic rings. The Bertz CT molecular complexity index is 365. The minimum absolute atomic E-state index is 0.0582. The van der Waals surface area contributed by atoms with Crippen molar-refractivity contribution in [3.05, 3.63) is 35.4 Å². The molecule has 0 aliphatic heterocycles. The van der Waals surface area contributed by atoms with Crippen LogP contribution in [-0.2, 0) is 16.0 Å². The Kier molecular flexibility index (Phi) is 4.46. The van der Waals surface area contributed by atoms with Gasteiger partial charge in [-0.3, -0.25) is 4.79 Å². The van der Waals surface area contributed by atoms with Crippen molar-refractivity contribution < 1.29 is 14.6 Å². The molecule has 0 heterocycles. The summed E-state index contributed by atoms with van der Waals surface area (Å²) in [6, 6.07) is 6.72. The minimum atomic E-state index is -0.986. The van der Waals surface area contributed by atoms with E-state index in [-0.39, 0.29) is 6.10 Å². The van der Waals surface area contributed by atoms with Crippen LogP contribution in [0.25, 0.3) is 0 Å². The van der Waals surface area contributed by atoms with Gasteiger partial charge in [0.05, 0.1) is 6.10 Å². The van der Waals surface area contributed by atoms with Crippen LogP contribution in [0.2, 0.25) is 0 Å². The predicted molar refractivity (Wildman–Crippen MR) is 61.2 cm³/mol. The third-order valence-corrected chi connectivity index (χ3v) is 2.60. The largest absolute Gasteiger partial charge is 0.480 e. The third kappa shape index (κ3) is 3.05. The predicted octanol–water partition coefficient (Wildman–Crippen LogP) is 1.35. The average molecular weight is 223 g/mol. The summed E-state index contributed by atoms with van der Waals surface area (Å²) in [4.78, 5) is 10.7. The van der Waals surface area contributed by atoms with Gasteiger partial charge in [-0.05, 0) is 24.5 Å². The minimum Gasteiger partial charge on any atom is -0.480 e. The summed E-state index contributed by atoms with van der Waals surface area (Å²) in [6.45, 7) is 1.92. The molecule has 1 rings (SSSR count). The lowest BCUT2D eigenvalue weighted by Crippen LogP contribution is -2.32. The molecule has 0 saturated heterocycles. The number of ether oxygens (including phenoxy) is 1. The molecular weight excluding hydrogens is 206 g/mol. The lowest BCUT2D eigenvalue weighted by Gasteiger charge is -2.16. The van der Waals surface area contributed by atoms with Crippen molar-refractivity contribution in [1.82, 2.24) is 0 Å². The van der Waals surface area contributed by atoms with Gasteiger partial charge in [-0.2, -0.15) is 0 Å². The number of aliphatic carboxylic acids is 1. The summed E-state index contributed by atoms with van der Waals surface area (Å²) in [7, 11) is 1.62. The first kappa shape index (κ1) is 12.7. The van der Waals surface area contributed by atoms with E-state index in [1.165, 1.54) is 0 Å². The maximum atomic E-state index is 10.7. The molecule has 0 bridgehead atoms. The van der Waals surface area contributed by atoms with Crippen molar-refractivity contribution in [2.24, 2.45) is 5.73 Å². The lowest BCUT2D eigenvalue weighted by molar-refractivity contribution is -0.138. The van der Waals surface area contributed by atoms with Crippen molar-refractivity contribution in [2.75, 3.05) is 7.11 Å². The van der Waals surface area contributed by atoms with Crippen LogP contribution >= 0.6 is 0 Å². The second-order valence-corrected chi connectivity index (χ2v) is 3.73. The van der Waals surface area contributed by atoms with Crippen LogP contribution in [-0.4, -0.2) is 24.2 Å². The first-order valence-electron chi connectivity index (χ1n) is 5.15. The van der Waals surface area contributed by atoms with E-state index in [4.69, 9.17) is 15.6 Å². The standard InChI is InChI=1S/C12H17NO3/c1-8(16-2)10-6-4-3-5-9(10)7-11(13)12(14)15/h3-6,8,11H,7,13H2,1-2H3,(H,14,15). The van der Waals surface area contributed by atoms with E-state index in [9.17, 15) is 4.79 Å². The zero-order valence-electron chi connectivity index (χ0n) is 9.51. The highest BCUT2D eigenvalue weighted by molar-refractivity contribution is 5.73. The first-order chi connectivity index (χ1) is 7.56. The Balaban J connectivity index is 2.90. The summed E-state index contributed by atoms with van der Waals surface area (Å²) in [5.41, 5.74) is 7.43. The van der Waals surface area contributed by atoms with Crippen LogP contribution in [0.1, 0.15) is 24.2 Å². The Labute approximate surface area is 95.0 Å². The number of carboxylic acid groups (broad SMARTS) is 1. The zero-order valence-corrected chi connectivity index (χ0v) is 9.51. The van der Waals surface area contributed by atoms with Crippen LogP contribution in [0, 0.1) is 0 Å². The normalized spacial score (nSPS) is 14.4. The molecule has 0 spiro atoms. The van der Waals surface area contributed by atoms with Crippen molar-refractivity contribution in [1.29, 1.82) is 0 Å². The van der Waals surface area contributed by atoms with Gasteiger partial charge in [0.1, 0.15) is 6.04 Å². The highest BCUT2D eigenvalue weighted by Gasteiger charge is 2.16. The van der Waals surface area contributed by atoms with Gasteiger partial charge in [0.2, 0.25) is 0 Å². The summed E-state index contributed by atoms with van der Waals surface area (Å²) in [5.74, 6) is -0.986. The van der Waals surface area contributed by atoms with E-state index in [0.717, 1.165) is 11.1 Å². The highest BCUT2D eigenvalue weighted by atomic mass is 16.5. The van der Waals surface area contributed by atoms with Gasteiger partial charge >= 0.3 is 5.97 Å². The molecular formula is C12H17NO3. The molecule has 1 aromatic carbocycles. The van der Waals surface area contributed by atoms with Gasteiger partial charge in [-0.25, -0.2) is 0 Å². The molecule has 0 amide bonds. The summed E-state index contributed by atoms with van der Waals surface area (Å²) >= 11 is 0. The van der Waals surface area contributed by atoms with E-state index >= 15 is 0 Å². The number of benzene rings is 1. The maximum Gasteiger partial charge on any atom is 0.320 e. The van der Waals surface area contributed by atoms with Gasteiger partial charge in [0, 0.05) is 7.11 Å². The van der Waals surface area contributed by atoms with E-state index < -0.39 is 12.0 Å². The quantitative estimate of drug-likeness (QED) is 0.790. The summed E-state index contributed by atoms with van der Waals surface area (Å²) in [6.07, 6.45) is 0.261. The number of carbonyl (C=O) groups is 1. The molecule has 0 saturated carbocycles. The second kappa shape index (κ2) is 5.63. The Morgan fingerprint density at radius 3 is 2.69 bits per heavy atom. The zero-order chi connectivity index (χ0) is 12.1. The second-order valence-electron chi connectivity index (χ2n) is 3.73. The molecule has 4 nitrogen and oxygen atoms in total. The van der Waals surface area contributed by atoms with E-state index in [2.05, 4.69) is 0 Å². The van der Waals surface area contributed by atoms with E-state index in [1.54, 1.807) is 7.11 Å². The Morgan fingerprint density at radius 1 is 1.50 bits per heavy atom. The molecule has 3 N–H and O–H groups in total. The first-order valence-corrected chi connectivity index (χ1v) is 5.15. The molecule has 0 aromatic heterocycles. The van der Waals surface area contributed by atoms with Crippen molar-refractivity contribution >= 4 is 5.97 Å². The summed E-state index contributed by atoms with van der Waals surface area (Å²) < 4.78 is 5.23. The van der Waals surface area contributed by atoms with E-state index in [0.29, 0.717) is 6.42 Å². The highest BCUT2D eigenvalue weighted by Crippen LogP contribution is 2.21. The molecule has 1 aromatic rings. The van der Waals surface area contributed by atoms with Crippen LogP contribution in [0.4, 0.5) is 0 Å². The number of methoxy groups -OCH3 is 1.